The Balaban J connectivity index is 4.63. The average molecular weight is 724 g/mol. The zero-order valence-corrected chi connectivity index (χ0v) is 31.1. The first-order valence-electron chi connectivity index (χ1n) is 18.0. The quantitative estimate of drug-likeness (QED) is 0.0263. The molecular formula is C38H62NO10P. The molecule has 0 aliphatic carbocycles. The first kappa shape index (κ1) is 46.9. The Morgan fingerprint density at radius 1 is 0.640 bits per heavy atom. The number of phosphoric acid groups is 1. The Kier molecular flexibility index (Phi) is 31.0. The summed E-state index contributed by atoms with van der Waals surface area (Å²) in [6.45, 7) is 2.48. The third-order valence-corrected chi connectivity index (χ3v) is 7.88. The van der Waals surface area contributed by atoms with Crippen molar-refractivity contribution in [1.29, 1.82) is 0 Å². The molecule has 0 rings (SSSR count). The maximum atomic E-state index is 12.5. The molecule has 0 radical (unpaired) electrons. The summed E-state index contributed by atoms with van der Waals surface area (Å²) in [5.41, 5.74) is 5.30. The second-order valence-electron chi connectivity index (χ2n) is 11.6. The van der Waals surface area contributed by atoms with E-state index in [0.29, 0.717) is 12.8 Å². The standard InChI is InChI=1S/C38H62NO10P/c1-3-5-7-9-11-13-15-17-19-21-23-25-27-29-36(40)46-31-34(32-47-50(44,45)48-33-35(39)38(42)43)49-37(41)30-28-26-24-22-20-18-16-14-12-10-8-6-4-2/h6-9,12-15,18,20,24,26,34-35H,3-5,10-11,16-17,19,21-23,25,27-33,39H2,1-2H3,(H,42,43)(H,44,45)/b8-6-,9-7-,14-12-,15-13-,20-18-,26-24-. The number of esters is 2. The molecule has 0 aromatic rings. The minimum Gasteiger partial charge on any atom is -0.480 e. The second-order valence-corrected chi connectivity index (χ2v) is 13.1. The summed E-state index contributed by atoms with van der Waals surface area (Å²) >= 11 is 0. The van der Waals surface area contributed by atoms with Crippen molar-refractivity contribution in [3.8, 4) is 0 Å². The molecule has 284 valence electrons. The van der Waals surface area contributed by atoms with Gasteiger partial charge in [-0.15, -0.1) is 0 Å². The van der Waals surface area contributed by atoms with Gasteiger partial charge in [0, 0.05) is 12.8 Å². The van der Waals surface area contributed by atoms with E-state index in [1.165, 1.54) is 0 Å². The van der Waals surface area contributed by atoms with E-state index < -0.39 is 51.1 Å². The lowest BCUT2D eigenvalue weighted by Gasteiger charge is -2.20. The van der Waals surface area contributed by atoms with E-state index in [0.717, 1.165) is 77.0 Å². The number of rotatable bonds is 32. The maximum Gasteiger partial charge on any atom is 0.472 e. The molecular weight excluding hydrogens is 661 g/mol. The molecule has 0 aliphatic heterocycles. The summed E-state index contributed by atoms with van der Waals surface area (Å²) in [5.74, 6) is -2.52. The van der Waals surface area contributed by atoms with Gasteiger partial charge in [-0.25, -0.2) is 4.57 Å². The molecule has 0 saturated heterocycles. The lowest BCUT2D eigenvalue weighted by Crippen LogP contribution is -2.34. The molecule has 0 aliphatic rings. The molecule has 3 atom stereocenters. The number of carboxylic acids is 1. The summed E-state index contributed by atoms with van der Waals surface area (Å²) in [7, 11) is -4.73. The van der Waals surface area contributed by atoms with E-state index in [2.05, 4.69) is 73.1 Å². The van der Waals surface area contributed by atoms with Crippen LogP contribution in [0.4, 0.5) is 0 Å². The molecule has 12 heteroatoms. The van der Waals surface area contributed by atoms with Crippen LogP contribution < -0.4 is 5.73 Å². The van der Waals surface area contributed by atoms with Crippen LogP contribution in [0.25, 0.3) is 0 Å². The predicted octanol–water partition coefficient (Wildman–Crippen LogP) is 8.61. The molecule has 3 unspecified atom stereocenters. The number of ether oxygens (including phenoxy) is 2. The number of hydrogen-bond donors (Lipinski definition) is 3. The summed E-state index contributed by atoms with van der Waals surface area (Å²) in [4.78, 5) is 45.6. The van der Waals surface area contributed by atoms with Crippen molar-refractivity contribution >= 4 is 25.7 Å². The van der Waals surface area contributed by atoms with Crippen molar-refractivity contribution in [2.24, 2.45) is 5.73 Å². The zero-order valence-electron chi connectivity index (χ0n) is 30.2. The topological polar surface area (TPSA) is 172 Å². The minimum atomic E-state index is -4.73. The van der Waals surface area contributed by atoms with Gasteiger partial charge in [0.1, 0.15) is 12.6 Å². The van der Waals surface area contributed by atoms with Crippen LogP contribution >= 0.6 is 7.82 Å². The molecule has 0 heterocycles. The normalized spacial score (nSPS) is 14.8. The van der Waals surface area contributed by atoms with Gasteiger partial charge < -0.3 is 25.2 Å². The van der Waals surface area contributed by atoms with Crippen molar-refractivity contribution in [2.45, 2.75) is 129 Å². The van der Waals surface area contributed by atoms with E-state index in [1.54, 1.807) is 0 Å². The van der Waals surface area contributed by atoms with E-state index in [9.17, 15) is 23.8 Å². The van der Waals surface area contributed by atoms with Crippen molar-refractivity contribution in [1.82, 2.24) is 0 Å². The first-order valence-corrected chi connectivity index (χ1v) is 19.5. The van der Waals surface area contributed by atoms with Gasteiger partial charge in [0.05, 0.1) is 13.2 Å². The first-order chi connectivity index (χ1) is 24.1. The van der Waals surface area contributed by atoms with Crippen molar-refractivity contribution in [3.63, 3.8) is 0 Å². The zero-order chi connectivity index (χ0) is 37.1. The highest BCUT2D eigenvalue weighted by molar-refractivity contribution is 7.47. The lowest BCUT2D eigenvalue weighted by molar-refractivity contribution is -0.161. The fourth-order valence-electron chi connectivity index (χ4n) is 4.11. The number of allylic oxidation sites excluding steroid dienone is 12. The van der Waals surface area contributed by atoms with Crippen molar-refractivity contribution in [3.05, 3.63) is 72.9 Å². The second kappa shape index (κ2) is 33.1. The van der Waals surface area contributed by atoms with Gasteiger partial charge in [-0.05, 0) is 64.2 Å². The molecule has 0 amide bonds. The highest BCUT2D eigenvalue weighted by atomic mass is 31.2. The lowest BCUT2D eigenvalue weighted by atomic mass is 10.1. The molecule has 4 N–H and O–H groups in total. The molecule has 0 aromatic heterocycles. The van der Waals surface area contributed by atoms with Gasteiger partial charge in [-0.2, -0.15) is 0 Å². The van der Waals surface area contributed by atoms with Gasteiger partial charge in [-0.1, -0.05) is 112 Å². The smallest absolute Gasteiger partial charge is 0.472 e. The average Bonchev–Trinajstić information content (AvgIpc) is 3.09. The van der Waals surface area contributed by atoms with Crippen molar-refractivity contribution < 1.29 is 47.5 Å². The Bertz CT molecular complexity index is 1130. The third kappa shape index (κ3) is 32.1. The van der Waals surface area contributed by atoms with Crippen LogP contribution in [-0.2, 0) is 37.5 Å². The molecule has 50 heavy (non-hydrogen) atoms. The Hall–Kier alpha value is -3.08. The summed E-state index contributed by atoms with van der Waals surface area (Å²) < 4.78 is 32.4. The number of phosphoric ester groups is 1. The van der Waals surface area contributed by atoms with E-state index in [-0.39, 0.29) is 19.4 Å². The number of aliphatic carboxylic acids is 1. The number of nitrogens with two attached hydrogens (primary N) is 1. The van der Waals surface area contributed by atoms with Gasteiger partial charge >= 0.3 is 25.7 Å². The Morgan fingerprint density at radius 3 is 1.76 bits per heavy atom. The fraction of sp³-hybridized carbons (Fsp3) is 0.605. The number of hydrogen-bond acceptors (Lipinski definition) is 9. The van der Waals surface area contributed by atoms with E-state index >= 15 is 0 Å². The number of carbonyl (C=O) groups is 3. The molecule has 0 aromatic carbocycles. The maximum absolute atomic E-state index is 12.5. The third-order valence-electron chi connectivity index (χ3n) is 6.93. The molecule has 0 bridgehead atoms. The van der Waals surface area contributed by atoms with Crippen molar-refractivity contribution in [2.75, 3.05) is 19.8 Å². The number of carbonyl (C=O) groups excluding carboxylic acids is 2. The molecule has 0 fully saturated rings. The minimum absolute atomic E-state index is 0.0330. The molecule has 0 saturated carbocycles. The SMILES string of the molecule is CC/C=C\C/C=C\C/C=C\C/C=C\CCC(=O)OC(COC(=O)CCCCCCC/C=C\C/C=C\CCC)COP(=O)(O)OCC(N)C(=O)O. The molecule has 0 spiro atoms. The van der Waals surface area contributed by atoms with Crippen LogP contribution in [0, 0.1) is 0 Å². The van der Waals surface area contributed by atoms with Gasteiger partial charge in [-0.3, -0.25) is 23.4 Å². The van der Waals surface area contributed by atoms with Crippen LogP contribution in [0.1, 0.15) is 117 Å². The van der Waals surface area contributed by atoms with E-state index in [4.69, 9.17) is 24.8 Å². The van der Waals surface area contributed by atoms with Gasteiger partial charge in [0.2, 0.25) is 0 Å². The Labute approximate surface area is 300 Å². The fourth-order valence-corrected chi connectivity index (χ4v) is 4.89. The van der Waals surface area contributed by atoms with Crippen LogP contribution in [0.2, 0.25) is 0 Å². The number of unbranched alkanes of at least 4 members (excludes halogenated alkanes) is 6. The summed E-state index contributed by atoms with van der Waals surface area (Å²) in [5, 5.41) is 8.84. The van der Waals surface area contributed by atoms with Crippen LogP contribution in [0.3, 0.4) is 0 Å². The summed E-state index contributed by atoms with van der Waals surface area (Å²) in [6, 6.07) is -1.54. The van der Waals surface area contributed by atoms with Gasteiger partial charge in [0.15, 0.2) is 6.10 Å². The summed E-state index contributed by atoms with van der Waals surface area (Å²) in [6.07, 6.45) is 37.1. The highest BCUT2D eigenvalue weighted by Crippen LogP contribution is 2.43. The van der Waals surface area contributed by atoms with Crippen LogP contribution in [0.15, 0.2) is 72.9 Å². The monoisotopic (exact) mass is 723 g/mol. The Morgan fingerprint density at radius 2 is 1.16 bits per heavy atom. The predicted molar refractivity (Wildman–Crippen MR) is 198 cm³/mol. The van der Waals surface area contributed by atoms with Gasteiger partial charge in [0.25, 0.3) is 0 Å². The number of carboxylic acid groups (broad SMARTS) is 1. The highest BCUT2D eigenvalue weighted by Gasteiger charge is 2.28. The van der Waals surface area contributed by atoms with E-state index in [1.807, 2.05) is 18.2 Å². The van der Waals surface area contributed by atoms with Crippen LogP contribution in [-0.4, -0.2) is 59.9 Å². The largest absolute Gasteiger partial charge is 0.480 e. The molecule has 11 nitrogen and oxygen atoms in total. The van der Waals surface area contributed by atoms with Crippen LogP contribution in [0.5, 0.6) is 0 Å².